The Morgan fingerprint density at radius 1 is 1.22 bits per heavy atom. The van der Waals surface area contributed by atoms with E-state index in [9.17, 15) is 22.8 Å². The molecule has 32 heavy (non-hydrogen) atoms. The predicted molar refractivity (Wildman–Crippen MR) is 108 cm³/mol. The number of pyridine rings is 1. The van der Waals surface area contributed by atoms with E-state index >= 15 is 0 Å². The molecule has 1 unspecified atom stereocenters. The Morgan fingerprint density at radius 2 is 1.94 bits per heavy atom. The normalized spacial score (nSPS) is 20.2. The van der Waals surface area contributed by atoms with Crippen molar-refractivity contribution < 1.29 is 22.8 Å². The minimum atomic E-state index is -2.93. The summed E-state index contributed by atoms with van der Waals surface area (Å²) in [6, 6.07) is 1.17. The highest BCUT2D eigenvalue weighted by atomic mass is 19.3. The minimum Gasteiger partial charge on any atom is -0.310 e. The zero-order valence-corrected chi connectivity index (χ0v) is 17.2. The van der Waals surface area contributed by atoms with E-state index in [1.807, 2.05) is 0 Å². The average molecular weight is 445 g/mol. The van der Waals surface area contributed by atoms with Crippen molar-refractivity contribution in [3.8, 4) is 11.5 Å². The smallest absolute Gasteiger partial charge is 0.247 e. The van der Waals surface area contributed by atoms with Gasteiger partial charge in [-0.3, -0.25) is 9.59 Å². The molecule has 5 rings (SSSR count). The molecule has 0 radical (unpaired) electrons. The lowest BCUT2D eigenvalue weighted by atomic mass is 9.81. The first-order valence-corrected chi connectivity index (χ1v) is 9.99. The molecule has 9 nitrogen and oxygen atoms in total. The molecule has 0 saturated carbocycles. The molecular formula is C20H18F3N7O2. The fourth-order valence-electron chi connectivity index (χ4n) is 4.08. The van der Waals surface area contributed by atoms with Crippen LogP contribution in [0.3, 0.4) is 0 Å². The van der Waals surface area contributed by atoms with E-state index in [-0.39, 0.29) is 59.0 Å². The second-order valence-corrected chi connectivity index (χ2v) is 8.37. The third kappa shape index (κ3) is 3.17. The van der Waals surface area contributed by atoms with Gasteiger partial charge in [0, 0.05) is 19.4 Å². The quantitative estimate of drug-likeness (QED) is 0.638. The molecule has 2 N–H and O–H groups in total. The van der Waals surface area contributed by atoms with Crippen LogP contribution in [0.2, 0.25) is 0 Å². The lowest BCUT2D eigenvalue weighted by Crippen LogP contribution is -2.30. The number of carbonyl (C=O) groups excluding carboxylic acids is 2. The molecule has 3 aromatic rings. The molecule has 3 aromatic heterocycles. The van der Waals surface area contributed by atoms with Crippen LogP contribution in [0, 0.1) is 5.82 Å². The summed E-state index contributed by atoms with van der Waals surface area (Å²) in [5.74, 6) is -3.77. The molecule has 0 fully saturated rings. The molecule has 2 amide bonds. The second kappa shape index (κ2) is 6.71. The molecule has 166 valence electrons. The maximum absolute atomic E-state index is 14.0. The molecular weight excluding hydrogens is 427 g/mol. The van der Waals surface area contributed by atoms with E-state index in [2.05, 4.69) is 30.7 Å². The summed E-state index contributed by atoms with van der Waals surface area (Å²) in [4.78, 5) is 37.7. The first-order valence-electron chi connectivity index (χ1n) is 9.99. The number of halogens is 3. The third-order valence-corrected chi connectivity index (χ3v) is 5.83. The summed E-state index contributed by atoms with van der Waals surface area (Å²) in [5.41, 5.74) is -0.189. The predicted octanol–water partition coefficient (Wildman–Crippen LogP) is 3.01. The zero-order valence-electron chi connectivity index (χ0n) is 17.2. The molecule has 0 bridgehead atoms. The summed E-state index contributed by atoms with van der Waals surface area (Å²) >= 11 is 0. The topological polar surface area (TPSA) is 115 Å². The van der Waals surface area contributed by atoms with Crippen LogP contribution < -0.4 is 10.6 Å². The lowest BCUT2D eigenvalue weighted by Gasteiger charge is -2.19. The van der Waals surface area contributed by atoms with Crippen molar-refractivity contribution in [2.45, 2.75) is 51.0 Å². The van der Waals surface area contributed by atoms with Crippen LogP contribution >= 0.6 is 0 Å². The molecule has 0 aliphatic carbocycles. The zero-order chi connectivity index (χ0) is 22.8. The second-order valence-electron chi connectivity index (χ2n) is 8.37. The van der Waals surface area contributed by atoms with Crippen LogP contribution in [0.25, 0.3) is 22.6 Å². The molecule has 5 heterocycles. The average Bonchev–Trinajstić information content (AvgIpc) is 3.14. The highest BCUT2D eigenvalue weighted by molar-refractivity contribution is 6.09. The summed E-state index contributed by atoms with van der Waals surface area (Å²) in [6.45, 7) is 2.35. The standard InChI is InChI=1S/C20H18F3N7O2/c1-19-4-3-11(31)25-14-12(19)15(28-18(19)32)27-16(26-14)13-10-7-9(21)8-24-17(10)30(29-13)6-5-20(2,22)23/h7-8H,3-6H2,1-2H3,(H2,25,26,27,28,31,32). The van der Waals surface area contributed by atoms with Crippen molar-refractivity contribution in [3.63, 3.8) is 0 Å². The number of hydrogen-bond donors (Lipinski definition) is 2. The Morgan fingerprint density at radius 3 is 2.66 bits per heavy atom. The van der Waals surface area contributed by atoms with E-state index in [0.29, 0.717) is 12.0 Å². The number of fused-ring (bicyclic) bond motifs is 1. The van der Waals surface area contributed by atoms with Gasteiger partial charge in [0.2, 0.25) is 17.7 Å². The van der Waals surface area contributed by atoms with Crippen molar-refractivity contribution in [2.75, 3.05) is 10.6 Å². The Kier molecular flexibility index (Phi) is 4.27. The van der Waals surface area contributed by atoms with Gasteiger partial charge < -0.3 is 10.6 Å². The number of carbonyl (C=O) groups is 2. The number of amides is 2. The maximum Gasteiger partial charge on any atom is 0.247 e. The first kappa shape index (κ1) is 20.3. The Labute approximate surface area is 179 Å². The molecule has 0 spiro atoms. The van der Waals surface area contributed by atoms with Crippen LogP contribution in [0.1, 0.15) is 38.7 Å². The Balaban J connectivity index is 1.69. The van der Waals surface area contributed by atoms with Gasteiger partial charge in [-0.05, 0) is 26.3 Å². The fourth-order valence-corrected chi connectivity index (χ4v) is 4.08. The van der Waals surface area contributed by atoms with Crippen LogP contribution in [0.15, 0.2) is 12.3 Å². The van der Waals surface area contributed by atoms with Crippen LogP contribution in [-0.2, 0) is 21.5 Å². The first-order chi connectivity index (χ1) is 15.0. The van der Waals surface area contributed by atoms with E-state index in [1.165, 1.54) is 10.7 Å². The third-order valence-electron chi connectivity index (χ3n) is 5.83. The summed E-state index contributed by atoms with van der Waals surface area (Å²) in [6.07, 6.45) is 0.902. The number of nitrogens with zero attached hydrogens (tertiary/aromatic N) is 5. The van der Waals surface area contributed by atoms with Gasteiger partial charge in [-0.1, -0.05) is 0 Å². The van der Waals surface area contributed by atoms with Crippen LogP contribution in [0.4, 0.5) is 24.8 Å². The van der Waals surface area contributed by atoms with Gasteiger partial charge in [0.05, 0.1) is 22.6 Å². The minimum absolute atomic E-state index is 0.00455. The summed E-state index contributed by atoms with van der Waals surface area (Å²) in [7, 11) is 0. The number of nitrogens with one attached hydrogen (secondary N) is 2. The molecule has 1 atom stereocenters. The van der Waals surface area contributed by atoms with Gasteiger partial charge in [-0.2, -0.15) is 5.10 Å². The highest BCUT2D eigenvalue weighted by Gasteiger charge is 2.48. The van der Waals surface area contributed by atoms with Crippen molar-refractivity contribution in [1.82, 2.24) is 24.7 Å². The number of hydrogen-bond acceptors (Lipinski definition) is 6. The largest absolute Gasteiger partial charge is 0.310 e. The molecule has 12 heteroatoms. The summed E-state index contributed by atoms with van der Waals surface area (Å²) < 4.78 is 42.1. The number of rotatable bonds is 4. The number of aromatic nitrogens is 5. The summed E-state index contributed by atoms with van der Waals surface area (Å²) in [5, 5.41) is 9.96. The SMILES string of the molecule is CC(F)(F)CCn1nc(-c2nc3c4c(n2)NC(=O)C4(C)CCC(=O)N3)c2cc(F)cnc21. The molecule has 0 aromatic carbocycles. The Bertz CT molecular complexity index is 1300. The number of aryl methyl sites for hydroxylation is 1. The maximum atomic E-state index is 14.0. The number of anilines is 2. The highest BCUT2D eigenvalue weighted by Crippen LogP contribution is 2.46. The monoisotopic (exact) mass is 445 g/mol. The van der Waals surface area contributed by atoms with Gasteiger partial charge in [-0.25, -0.2) is 32.8 Å². The van der Waals surface area contributed by atoms with Gasteiger partial charge in [0.15, 0.2) is 11.5 Å². The molecule has 2 aliphatic rings. The van der Waals surface area contributed by atoms with Crippen molar-refractivity contribution in [3.05, 3.63) is 23.6 Å². The fraction of sp³-hybridized carbons (Fsp3) is 0.400. The van der Waals surface area contributed by atoms with Crippen molar-refractivity contribution >= 4 is 34.5 Å². The van der Waals surface area contributed by atoms with Gasteiger partial charge in [-0.15, -0.1) is 0 Å². The Hall–Kier alpha value is -3.57. The van der Waals surface area contributed by atoms with Gasteiger partial charge >= 0.3 is 0 Å². The van der Waals surface area contributed by atoms with E-state index in [1.54, 1.807) is 6.92 Å². The van der Waals surface area contributed by atoms with Crippen molar-refractivity contribution in [2.24, 2.45) is 0 Å². The lowest BCUT2D eigenvalue weighted by molar-refractivity contribution is -0.121. The van der Waals surface area contributed by atoms with E-state index in [4.69, 9.17) is 0 Å². The van der Waals surface area contributed by atoms with Crippen LogP contribution in [-0.4, -0.2) is 42.5 Å². The molecule has 0 saturated heterocycles. The van der Waals surface area contributed by atoms with Gasteiger partial charge in [0.1, 0.15) is 23.1 Å². The van der Waals surface area contributed by atoms with Crippen molar-refractivity contribution in [1.29, 1.82) is 0 Å². The van der Waals surface area contributed by atoms with E-state index < -0.39 is 23.6 Å². The number of alkyl halides is 2. The molecule has 2 aliphatic heterocycles. The van der Waals surface area contributed by atoms with Crippen LogP contribution in [0.5, 0.6) is 0 Å². The van der Waals surface area contributed by atoms with E-state index in [0.717, 1.165) is 13.1 Å². The van der Waals surface area contributed by atoms with Gasteiger partial charge in [0.25, 0.3) is 0 Å².